The van der Waals surface area contributed by atoms with E-state index < -0.39 is 7.12 Å². The summed E-state index contributed by atoms with van der Waals surface area (Å²) in [4.78, 5) is 7.58. The molecule has 1 N–H and O–H groups in total. The van der Waals surface area contributed by atoms with Crippen molar-refractivity contribution in [1.29, 1.82) is 0 Å². The molecule has 22 heavy (non-hydrogen) atoms. The van der Waals surface area contributed by atoms with Crippen LogP contribution in [0, 0.1) is 20.4 Å². The number of benzene rings is 1. The van der Waals surface area contributed by atoms with Gasteiger partial charge in [-0.1, -0.05) is 11.6 Å². The molecule has 0 bridgehead atoms. The highest BCUT2D eigenvalue weighted by Crippen LogP contribution is 2.33. The molecule has 0 radical (unpaired) electrons. The average Bonchev–Trinajstić information content (AvgIpc) is 2.84. The van der Waals surface area contributed by atoms with Gasteiger partial charge in [0.25, 0.3) is 0 Å². The summed E-state index contributed by atoms with van der Waals surface area (Å²) < 4.78 is 11.0. The van der Waals surface area contributed by atoms with Crippen LogP contribution in [0.1, 0.15) is 16.8 Å². The van der Waals surface area contributed by atoms with Crippen molar-refractivity contribution in [1.82, 2.24) is 4.98 Å². The van der Waals surface area contributed by atoms with Gasteiger partial charge in [-0.2, -0.15) is 0 Å². The first kappa shape index (κ1) is 14.9. The zero-order chi connectivity index (χ0) is 15.9. The molecule has 110 valence electrons. The highest BCUT2D eigenvalue weighted by atomic mass is 35.5. The van der Waals surface area contributed by atoms with Gasteiger partial charge in [0.05, 0.1) is 18.2 Å². The second-order valence-corrected chi connectivity index (χ2v) is 5.48. The maximum absolute atomic E-state index is 9.76. The standard InChI is InChI=1S/C15H12BClN2O3/c1-8-4-11(5-10-7-21-16(20)14(8)10)22-15-12(17)6-13(18-3)9(2)19-15/h4-6,20H,7H2,1-2H3. The molecule has 0 amide bonds. The maximum atomic E-state index is 9.76. The smallest absolute Gasteiger partial charge is 0.438 e. The second-order valence-electron chi connectivity index (χ2n) is 5.07. The minimum absolute atomic E-state index is 0.255. The third-order valence-electron chi connectivity index (χ3n) is 3.53. The SMILES string of the molecule is [C-]#[N+]c1cc(Cl)c(Oc2cc(C)c3c(c2)COB3O)nc1C. The van der Waals surface area contributed by atoms with Crippen molar-refractivity contribution < 1.29 is 14.4 Å². The number of ether oxygens (including phenoxy) is 1. The normalized spacial score (nSPS) is 13.0. The Morgan fingerprint density at radius 1 is 1.41 bits per heavy atom. The molecule has 0 aliphatic carbocycles. The summed E-state index contributed by atoms with van der Waals surface area (Å²) >= 11 is 6.11. The van der Waals surface area contributed by atoms with E-state index in [1.807, 2.05) is 6.92 Å². The molecule has 5 nitrogen and oxygen atoms in total. The maximum Gasteiger partial charge on any atom is 0.492 e. The highest BCUT2D eigenvalue weighted by molar-refractivity contribution is 6.62. The molecule has 0 spiro atoms. The third-order valence-corrected chi connectivity index (χ3v) is 3.80. The van der Waals surface area contributed by atoms with Crippen LogP contribution in [0.15, 0.2) is 18.2 Å². The molecule has 1 aliphatic heterocycles. The largest absolute Gasteiger partial charge is 0.492 e. The van der Waals surface area contributed by atoms with Gasteiger partial charge in [-0.3, -0.25) is 0 Å². The first-order chi connectivity index (χ1) is 10.5. The Balaban J connectivity index is 1.97. The van der Waals surface area contributed by atoms with Crippen LogP contribution in [-0.4, -0.2) is 17.1 Å². The molecule has 0 saturated heterocycles. The summed E-state index contributed by atoms with van der Waals surface area (Å²) in [6, 6.07) is 5.14. The molecule has 7 heteroatoms. The average molecular weight is 315 g/mol. The van der Waals surface area contributed by atoms with E-state index in [4.69, 9.17) is 27.6 Å². The quantitative estimate of drug-likeness (QED) is 0.684. The van der Waals surface area contributed by atoms with Crippen molar-refractivity contribution in [3.63, 3.8) is 0 Å². The minimum atomic E-state index is -0.883. The number of aromatic nitrogens is 1. The monoisotopic (exact) mass is 314 g/mol. The predicted molar refractivity (Wildman–Crippen MR) is 83.9 cm³/mol. The minimum Gasteiger partial charge on any atom is -0.438 e. The summed E-state index contributed by atoms with van der Waals surface area (Å²) in [5.41, 5.74) is 3.51. The Labute approximate surface area is 133 Å². The van der Waals surface area contributed by atoms with Crippen LogP contribution in [0.2, 0.25) is 5.02 Å². The molecule has 3 rings (SSSR count). The molecular formula is C15H12BClN2O3. The Kier molecular flexibility index (Phi) is 3.79. The summed E-state index contributed by atoms with van der Waals surface area (Å²) in [5.74, 6) is 0.823. The van der Waals surface area contributed by atoms with E-state index in [-0.39, 0.29) is 10.9 Å². The number of fused-ring (bicyclic) bond motifs is 1. The van der Waals surface area contributed by atoms with Crippen LogP contribution in [0.5, 0.6) is 11.6 Å². The Bertz CT molecular complexity index is 804. The lowest BCUT2D eigenvalue weighted by molar-refractivity contribution is 0.275. The summed E-state index contributed by atoms with van der Waals surface area (Å²) in [5, 5.41) is 10.0. The molecule has 0 saturated carbocycles. The van der Waals surface area contributed by atoms with E-state index in [9.17, 15) is 5.02 Å². The van der Waals surface area contributed by atoms with E-state index in [1.54, 1.807) is 25.1 Å². The number of halogens is 1. The van der Waals surface area contributed by atoms with Crippen LogP contribution in [0.25, 0.3) is 4.85 Å². The number of rotatable bonds is 2. The van der Waals surface area contributed by atoms with Crippen LogP contribution < -0.4 is 10.2 Å². The van der Waals surface area contributed by atoms with Crippen molar-refractivity contribution in [3.05, 3.63) is 51.5 Å². The van der Waals surface area contributed by atoms with Crippen LogP contribution in [0.4, 0.5) is 5.69 Å². The number of hydrogen-bond donors (Lipinski definition) is 1. The Hall–Kier alpha value is -2.07. The number of nitrogens with zero attached hydrogens (tertiary/aromatic N) is 2. The fourth-order valence-electron chi connectivity index (χ4n) is 2.46. The molecule has 2 aromatic rings. The van der Waals surface area contributed by atoms with Gasteiger partial charge in [0.15, 0.2) is 0 Å². The van der Waals surface area contributed by atoms with Crippen LogP contribution in [-0.2, 0) is 11.3 Å². The number of pyridine rings is 1. The molecule has 0 unspecified atom stereocenters. The first-order valence-corrected chi connectivity index (χ1v) is 7.03. The van der Waals surface area contributed by atoms with Gasteiger partial charge in [-0.05, 0) is 48.6 Å². The fraction of sp³-hybridized carbons (Fsp3) is 0.200. The lowest BCUT2D eigenvalue weighted by atomic mass is 9.76. The summed E-state index contributed by atoms with van der Waals surface area (Å²) in [6.07, 6.45) is 0. The first-order valence-electron chi connectivity index (χ1n) is 6.65. The lowest BCUT2D eigenvalue weighted by Crippen LogP contribution is -2.30. The van der Waals surface area contributed by atoms with Crippen molar-refractivity contribution in [2.24, 2.45) is 0 Å². The molecule has 1 aromatic heterocycles. The van der Waals surface area contributed by atoms with Gasteiger partial charge < -0.3 is 14.4 Å². The third kappa shape index (κ3) is 2.55. The molecule has 0 fully saturated rings. The topological polar surface area (TPSA) is 55.9 Å². The van der Waals surface area contributed by atoms with Gasteiger partial charge in [0.2, 0.25) is 11.6 Å². The molecular weight excluding hydrogens is 302 g/mol. The summed E-state index contributed by atoms with van der Waals surface area (Å²) in [6.45, 7) is 11.0. The van der Waals surface area contributed by atoms with E-state index in [0.29, 0.717) is 23.7 Å². The van der Waals surface area contributed by atoms with Gasteiger partial charge in [-0.25, -0.2) is 9.83 Å². The zero-order valence-electron chi connectivity index (χ0n) is 12.1. The van der Waals surface area contributed by atoms with Gasteiger partial charge in [-0.15, -0.1) is 0 Å². The predicted octanol–water partition coefficient (Wildman–Crippen LogP) is 2.91. The lowest BCUT2D eigenvalue weighted by Gasteiger charge is -2.11. The highest BCUT2D eigenvalue weighted by Gasteiger charge is 2.29. The van der Waals surface area contributed by atoms with Crippen molar-refractivity contribution in [3.8, 4) is 11.6 Å². The summed E-state index contributed by atoms with van der Waals surface area (Å²) in [7, 11) is -0.883. The molecule has 1 aliphatic rings. The fourth-order valence-corrected chi connectivity index (χ4v) is 2.65. The van der Waals surface area contributed by atoms with E-state index in [1.165, 1.54) is 0 Å². The second kappa shape index (κ2) is 5.62. The molecule has 0 atom stereocenters. The van der Waals surface area contributed by atoms with Gasteiger partial charge in [0.1, 0.15) is 5.75 Å². The van der Waals surface area contributed by atoms with E-state index >= 15 is 0 Å². The van der Waals surface area contributed by atoms with E-state index in [0.717, 1.165) is 16.6 Å². The van der Waals surface area contributed by atoms with Gasteiger partial charge >= 0.3 is 7.12 Å². The molecule has 2 heterocycles. The zero-order valence-corrected chi connectivity index (χ0v) is 12.8. The number of aryl methyl sites for hydroxylation is 2. The Morgan fingerprint density at radius 3 is 2.91 bits per heavy atom. The van der Waals surface area contributed by atoms with Crippen molar-refractivity contribution in [2.45, 2.75) is 20.5 Å². The Morgan fingerprint density at radius 2 is 2.18 bits per heavy atom. The van der Waals surface area contributed by atoms with E-state index in [2.05, 4.69) is 9.83 Å². The van der Waals surface area contributed by atoms with Gasteiger partial charge in [0, 0.05) is 5.69 Å². The number of hydrogen-bond acceptors (Lipinski definition) is 4. The van der Waals surface area contributed by atoms with Crippen LogP contribution in [0.3, 0.4) is 0 Å². The van der Waals surface area contributed by atoms with Crippen molar-refractivity contribution in [2.75, 3.05) is 0 Å². The van der Waals surface area contributed by atoms with Crippen molar-refractivity contribution >= 4 is 29.9 Å². The van der Waals surface area contributed by atoms with Crippen LogP contribution >= 0.6 is 11.6 Å². The molecule has 1 aromatic carbocycles.